The van der Waals surface area contributed by atoms with Crippen LogP contribution in [0.3, 0.4) is 0 Å². The van der Waals surface area contributed by atoms with Crippen molar-refractivity contribution in [2.75, 3.05) is 19.4 Å². The van der Waals surface area contributed by atoms with Gasteiger partial charge in [0.1, 0.15) is 0 Å². The Labute approximate surface area is 107 Å². The van der Waals surface area contributed by atoms with Crippen molar-refractivity contribution in [3.05, 3.63) is 29.3 Å². The first-order valence-corrected chi connectivity index (χ1v) is 6.32. The third-order valence-corrected chi connectivity index (χ3v) is 4.01. The number of benzene rings is 1. The lowest BCUT2D eigenvalue weighted by atomic mass is 9.76. The summed E-state index contributed by atoms with van der Waals surface area (Å²) in [7, 11) is 1.38. The molecule has 18 heavy (non-hydrogen) atoms. The molecule has 0 bridgehead atoms. The van der Waals surface area contributed by atoms with Crippen molar-refractivity contribution in [3.8, 4) is 0 Å². The monoisotopic (exact) mass is 248 g/mol. The molecule has 1 fully saturated rings. The van der Waals surface area contributed by atoms with Crippen LogP contribution in [0, 0.1) is 0 Å². The summed E-state index contributed by atoms with van der Waals surface area (Å²) in [5.74, 6) is -0.372. The lowest BCUT2D eigenvalue weighted by Crippen LogP contribution is -2.34. The van der Waals surface area contributed by atoms with Crippen LogP contribution in [0.1, 0.15) is 41.6 Å². The first-order valence-electron chi connectivity index (χ1n) is 6.32. The maximum atomic E-state index is 11.9. The molecule has 4 N–H and O–H groups in total. The number of rotatable bonds is 3. The molecule has 0 amide bonds. The number of ether oxygens (including phenoxy) is 1. The van der Waals surface area contributed by atoms with E-state index < -0.39 is 0 Å². The molecule has 4 heteroatoms. The number of carbonyl (C=O) groups excluding carboxylic acids is 1. The van der Waals surface area contributed by atoms with Crippen LogP contribution in [0.4, 0.5) is 5.69 Å². The molecule has 1 saturated carbocycles. The Morgan fingerprint density at radius 3 is 2.61 bits per heavy atom. The maximum Gasteiger partial charge on any atom is 0.340 e. The van der Waals surface area contributed by atoms with Crippen molar-refractivity contribution in [1.29, 1.82) is 0 Å². The largest absolute Gasteiger partial charge is 0.465 e. The Hall–Kier alpha value is -1.55. The van der Waals surface area contributed by atoms with Gasteiger partial charge in [-0.3, -0.25) is 0 Å². The van der Waals surface area contributed by atoms with E-state index >= 15 is 0 Å². The zero-order valence-corrected chi connectivity index (χ0v) is 10.7. The molecule has 1 aromatic rings. The fourth-order valence-electron chi connectivity index (χ4n) is 2.98. The molecule has 0 aromatic heterocycles. The van der Waals surface area contributed by atoms with E-state index in [0.29, 0.717) is 17.8 Å². The number of carbonyl (C=O) groups is 1. The SMILES string of the molecule is COC(=O)c1c(N)cccc1C1(CN)CCCC1. The van der Waals surface area contributed by atoms with Crippen LogP contribution in [0.25, 0.3) is 0 Å². The van der Waals surface area contributed by atoms with Gasteiger partial charge in [0, 0.05) is 17.6 Å². The number of esters is 1. The van der Waals surface area contributed by atoms with E-state index in [4.69, 9.17) is 16.2 Å². The molecule has 1 aliphatic rings. The van der Waals surface area contributed by atoms with Gasteiger partial charge in [0.05, 0.1) is 12.7 Å². The van der Waals surface area contributed by atoms with E-state index in [1.165, 1.54) is 7.11 Å². The number of hydrogen-bond acceptors (Lipinski definition) is 4. The van der Waals surface area contributed by atoms with E-state index in [0.717, 1.165) is 31.2 Å². The third kappa shape index (κ3) is 1.97. The molecule has 1 aliphatic carbocycles. The number of hydrogen-bond donors (Lipinski definition) is 2. The van der Waals surface area contributed by atoms with E-state index in [-0.39, 0.29) is 11.4 Å². The van der Waals surface area contributed by atoms with Gasteiger partial charge >= 0.3 is 5.97 Å². The van der Waals surface area contributed by atoms with Crippen LogP contribution >= 0.6 is 0 Å². The van der Waals surface area contributed by atoms with E-state index in [1.54, 1.807) is 6.07 Å². The highest BCUT2D eigenvalue weighted by Crippen LogP contribution is 2.42. The molecule has 0 unspecified atom stereocenters. The highest BCUT2D eigenvalue weighted by molar-refractivity contribution is 5.97. The fourth-order valence-corrected chi connectivity index (χ4v) is 2.98. The Bertz CT molecular complexity index is 451. The lowest BCUT2D eigenvalue weighted by molar-refractivity contribution is 0.0598. The van der Waals surface area contributed by atoms with Crippen LogP contribution in [0.15, 0.2) is 18.2 Å². The lowest BCUT2D eigenvalue weighted by Gasteiger charge is -2.30. The van der Waals surface area contributed by atoms with Crippen LogP contribution < -0.4 is 11.5 Å². The summed E-state index contributed by atoms with van der Waals surface area (Å²) < 4.78 is 4.85. The molecule has 0 spiro atoms. The van der Waals surface area contributed by atoms with Crippen molar-refractivity contribution in [3.63, 3.8) is 0 Å². The minimum absolute atomic E-state index is 0.112. The zero-order chi connectivity index (χ0) is 13.2. The Morgan fingerprint density at radius 1 is 1.39 bits per heavy atom. The van der Waals surface area contributed by atoms with Crippen LogP contribution in [-0.2, 0) is 10.2 Å². The Kier molecular flexibility index (Phi) is 3.57. The summed E-state index contributed by atoms with van der Waals surface area (Å²) >= 11 is 0. The molecule has 0 aliphatic heterocycles. The second-order valence-electron chi connectivity index (χ2n) is 4.95. The number of nitrogens with two attached hydrogens (primary N) is 2. The van der Waals surface area contributed by atoms with Crippen molar-refractivity contribution < 1.29 is 9.53 Å². The van der Waals surface area contributed by atoms with Crippen molar-refractivity contribution >= 4 is 11.7 Å². The molecule has 4 nitrogen and oxygen atoms in total. The minimum atomic E-state index is -0.372. The van der Waals surface area contributed by atoms with Crippen molar-refractivity contribution in [2.24, 2.45) is 5.73 Å². The van der Waals surface area contributed by atoms with Gasteiger partial charge in [-0.2, -0.15) is 0 Å². The quantitative estimate of drug-likeness (QED) is 0.632. The van der Waals surface area contributed by atoms with E-state index in [9.17, 15) is 4.79 Å². The molecule has 98 valence electrons. The molecule has 0 radical (unpaired) electrons. The highest BCUT2D eigenvalue weighted by atomic mass is 16.5. The zero-order valence-electron chi connectivity index (χ0n) is 10.7. The highest BCUT2D eigenvalue weighted by Gasteiger charge is 2.37. The van der Waals surface area contributed by atoms with E-state index in [1.807, 2.05) is 12.1 Å². The first-order chi connectivity index (χ1) is 8.64. The van der Waals surface area contributed by atoms with Gasteiger partial charge in [-0.25, -0.2) is 4.79 Å². The Morgan fingerprint density at radius 2 is 2.06 bits per heavy atom. The van der Waals surface area contributed by atoms with Crippen LogP contribution in [-0.4, -0.2) is 19.6 Å². The predicted octanol–water partition coefficient (Wildman–Crippen LogP) is 1.83. The van der Waals surface area contributed by atoms with Gasteiger partial charge < -0.3 is 16.2 Å². The molecule has 1 aromatic carbocycles. The summed E-state index contributed by atoms with van der Waals surface area (Å²) in [4.78, 5) is 11.9. The normalized spacial score (nSPS) is 17.7. The second kappa shape index (κ2) is 4.98. The van der Waals surface area contributed by atoms with Gasteiger partial charge in [-0.1, -0.05) is 25.0 Å². The summed E-state index contributed by atoms with van der Waals surface area (Å²) in [6.45, 7) is 0.542. The van der Waals surface area contributed by atoms with Crippen LogP contribution in [0.5, 0.6) is 0 Å². The summed E-state index contributed by atoms with van der Waals surface area (Å²) in [6.07, 6.45) is 4.31. The minimum Gasteiger partial charge on any atom is -0.465 e. The molecule has 0 heterocycles. The van der Waals surface area contributed by atoms with Gasteiger partial charge in [0.2, 0.25) is 0 Å². The van der Waals surface area contributed by atoms with Gasteiger partial charge in [-0.05, 0) is 24.5 Å². The standard InChI is InChI=1S/C14H20N2O2/c1-18-13(17)12-10(5-4-6-11(12)16)14(9-15)7-2-3-8-14/h4-6H,2-3,7-9,15-16H2,1H3. The molecular weight excluding hydrogens is 228 g/mol. The fraction of sp³-hybridized carbons (Fsp3) is 0.500. The van der Waals surface area contributed by atoms with Gasteiger partial charge in [0.15, 0.2) is 0 Å². The first kappa shape index (κ1) is 12.9. The number of nitrogen functional groups attached to an aromatic ring is 1. The molecule has 2 rings (SSSR count). The summed E-state index contributed by atoms with van der Waals surface area (Å²) in [5.41, 5.74) is 13.7. The summed E-state index contributed by atoms with van der Waals surface area (Å²) in [6, 6.07) is 5.57. The van der Waals surface area contributed by atoms with E-state index in [2.05, 4.69) is 0 Å². The second-order valence-corrected chi connectivity index (χ2v) is 4.95. The van der Waals surface area contributed by atoms with Gasteiger partial charge in [-0.15, -0.1) is 0 Å². The van der Waals surface area contributed by atoms with Crippen molar-refractivity contribution in [1.82, 2.24) is 0 Å². The topological polar surface area (TPSA) is 78.3 Å². The molecule has 0 atom stereocenters. The molecular formula is C14H20N2O2. The van der Waals surface area contributed by atoms with Crippen molar-refractivity contribution in [2.45, 2.75) is 31.1 Å². The van der Waals surface area contributed by atoms with Gasteiger partial charge in [0.25, 0.3) is 0 Å². The number of anilines is 1. The average molecular weight is 248 g/mol. The number of methoxy groups -OCH3 is 1. The maximum absolute atomic E-state index is 11.9. The molecule has 0 saturated heterocycles. The third-order valence-electron chi connectivity index (χ3n) is 4.01. The predicted molar refractivity (Wildman–Crippen MR) is 71.4 cm³/mol. The van der Waals surface area contributed by atoms with Crippen LogP contribution in [0.2, 0.25) is 0 Å². The Balaban J connectivity index is 2.56. The smallest absolute Gasteiger partial charge is 0.340 e. The average Bonchev–Trinajstić information content (AvgIpc) is 2.87. The summed E-state index contributed by atoms with van der Waals surface area (Å²) in [5, 5.41) is 0.